The Morgan fingerprint density at radius 3 is 2.38 bits per heavy atom. The Morgan fingerprint density at radius 1 is 1.25 bits per heavy atom. The maximum Gasteiger partial charge on any atom is 0.0166 e. The van der Waals surface area contributed by atoms with E-state index in [2.05, 4.69) is 38.0 Å². The lowest BCUT2D eigenvalue weighted by Gasteiger charge is -2.30. The molecule has 1 atom stereocenters. The third-order valence-corrected chi connectivity index (χ3v) is 4.37. The molecule has 16 heavy (non-hydrogen) atoms. The van der Waals surface area contributed by atoms with Crippen LogP contribution in [0.3, 0.4) is 0 Å². The number of hydrogen-bond donors (Lipinski definition) is 1. The molecule has 0 aromatic rings. The summed E-state index contributed by atoms with van der Waals surface area (Å²) in [4.78, 5) is 2.38. The predicted octanol–water partition coefficient (Wildman–Crippen LogP) is 2.89. The van der Waals surface area contributed by atoms with Crippen molar-refractivity contribution in [3.05, 3.63) is 0 Å². The summed E-state index contributed by atoms with van der Waals surface area (Å²) in [7, 11) is 2.20. The fourth-order valence-corrected chi connectivity index (χ4v) is 2.83. The zero-order valence-electron chi connectivity index (χ0n) is 11.7. The Bertz CT molecular complexity index is 185. The van der Waals surface area contributed by atoms with E-state index in [1.54, 1.807) is 0 Å². The van der Waals surface area contributed by atoms with Crippen molar-refractivity contribution in [3.8, 4) is 0 Å². The molecule has 0 radical (unpaired) electrons. The predicted molar refractivity (Wildman–Crippen MR) is 71.8 cm³/mol. The highest BCUT2D eigenvalue weighted by Crippen LogP contribution is 2.40. The highest BCUT2D eigenvalue weighted by molar-refractivity contribution is 4.86. The van der Waals surface area contributed by atoms with Gasteiger partial charge in [0.15, 0.2) is 0 Å². The van der Waals surface area contributed by atoms with Gasteiger partial charge in [0.25, 0.3) is 0 Å². The minimum absolute atomic E-state index is 0.619. The van der Waals surface area contributed by atoms with Crippen molar-refractivity contribution in [2.75, 3.05) is 26.7 Å². The van der Waals surface area contributed by atoms with Crippen LogP contribution in [0, 0.1) is 5.41 Å². The second-order valence-corrected chi connectivity index (χ2v) is 5.70. The molecule has 0 aliphatic heterocycles. The third-order valence-electron chi connectivity index (χ3n) is 4.37. The minimum Gasteiger partial charge on any atom is -0.312 e. The van der Waals surface area contributed by atoms with Crippen LogP contribution in [0.5, 0.6) is 0 Å². The second kappa shape index (κ2) is 6.61. The standard InChI is InChI=1S/C14H30N2/c1-5-14(9-7-8-10-14)12-15-13(3)11-16(4)6-2/h13,15H,5-12H2,1-4H3. The molecule has 0 spiro atoms. The van der Waals surface area contributed by atoms with Gasteiger partial charge in [0.05, 0.1) is 0 Å². The number of nitrogens with zero attached hydrogens (tertiary/aromatic N) is 1. The summed E-state index contributed by atoms with van der Waals surface area (Å²) in [6.07, 6.45) is 7.10. The molecule has 1 rings (SSSR count). The molecule has 0 bridgehead atoms. The molecular formula is C14H30N2. The van der Waals surface area contributed by atoms with Crippen molar-refractivity contribution < 1.29 is 0 Å². The Kier molecular flexibility index (Phi) is 5.77. The fraction of sp³-hybridized carbons (Fsp3) is 1.00. The number of hydrogen-bond acceptors (Lipinski definition) is 2. The molecule has 1 saturated carbocycles. The molecular weight excluding hydrogens is 196 g/mol. The first-order chi connectivity index (χ1) is 7.62. The van der Waals surface area contributed by atoms with E-state index >= 15 is 0 Å². The van der Waals surface area contributed by atoms with Crippen molar-refractivity contribution in [1.82, 2.24) is 10.2 Å². The SMILES string of the molecule is CCN(C)CC(C)NCC1(CC)CCCC1. The van der Waals surface area contributed by atoms with Crippen molar-refractivity contribution in [2.45, 2.75) is 58.9 Å². The zero-order valence-corrected chi connectivity index (χ0v) is 11.7. The molecule has 1 aliphatic carbocycles. The number of rotatable bonds is 7. The Hall–Kier alpha value is -0.0800. The molecule has 0 aromatic carbocycles. The summed E-state index contributed by atoms with van der Waals surface area (Å²) in [5.74, 6) is 0. The highest BCUT2D eigenvalue weighted by atomic mass is 15.1. The lowest BCUT2D eigenvalue weighted by Crippen LogP contribution is -2.42. The van der Waals surface area contributed by atoms with E-state index in [1.165, 1.54) is 38.6 Å². The Labute approximate surface area is 102 Å². The smallest absolute Gasteiger partial charge is 0.0166 e. The van der Waals surface area contributed by atoms with Gasteiger partial charge in [-0.1, -0.05) is 26.7 Å². The van der Waals surface area contributed by atoms with E-state index in [1.807, 2.05) is 0 Å². The maximum absolute atomic E-state index is 3.74. The average molecular weight is 226 g/mol. The van der Waals surface area contributed by atoms with E-state index in [9.17, 15) is 0 Å². The Balaban J connectivity index is 2.26. The first kappa shape index (κ1) is 14.0. The van der Waals surface area contributed by atoms with Gasteiger partial charge in [-0.25, -0.2) is 0 Å². The van der Waals surface area contributed by atoms with Crippen LogP contribution < -0.4 is 5.32 Å². The monoisotopic (exact) mass is 226 g/mol. The number of likely N-dealkylation sites (N-methyl/N-ethyl adjacent to an activating group) is 1. The van der Waals surface area contributed by atoms with E-state index in [-0.39, 0.29) is 0 Å². The van der Waals surface area contributed by atoms with Gasteiger partial charge in [-0.05, 0) is 45.2 Å². The molecule has 0 amide bonds. The van der Waals surface area contributed by atoms with Crippen LogP contribution in [0.4, 0.5) is 0 Å². The molecule has 1 fully saturated rings. The van der Waals surface area contributed by atoms with Crippen molar-refractivity contribution in [3.63, 3.8) is 0 Å². The third kappa shape index (κ3) is 4.06. The van der Waals surface area contributed by atoms with E-state index < -0.39 is 0 Å². The Morgan fingerprint density at radius 2 is 1.88 bits per heavy atom. The molecule has 2 heteroatoms. The van der Waals surface area contributed by atoms with E-state index in [0.717, 1.165) is 13.1 Å². The topological polar surface area (TPSA) is 15.3 Å². The summed E-state index contributed by atoms with van der Waals surface area (Å²) in [6, 6.07) is 0.619. The summed E-state index contributed by atoms with van der Waals surface area (Å²) < 4.78 is 0. The molecule has 96 valence electrons. The van der Waals surface area contributed by atoms with Crippen LogP contribution in [0.25, 0.3) is 0 Å². The molecule has 1 aliphatic rings. The van der Waals surface area contributed by atoms with Gasteiger partial charge in [-0.2, -0.15) is 0 Å². The summed E-state index contributed by atoms with van der Waals surface area (Å²) in [5.41, 5.74) is 0.624. The molecule has 1 N–H and O–H groups in total. The quantitative estimate of drug-likeness (QED) is 0.718. The van der Waals surface area contributed by atoms with Crippen LogP contribution in [-0.2, 0) is 0 Å². The van der Waals surface area contributed by atoms with Gasteiger partial charge >= 0.3 is 0 Å². The first-order valence-corrected chi connectivity index (χ1v) is 7.04. The van der Waals surface area contributed by atoms with Crippen LogP contribution >= 0.6 is 0 Å². The van der Waals surface area contributed by atoms with Gasteiger partial charge in [-0.15, -0.1) is 0 Å². The maximum atomic E-state index is 3.74. The summed E-state index contributed by atoms with van der Waals surface area (Å²) in [5, 5.41) is 3.74. The average Bonchev–Trinajstić information content (AvgIpc) is 2.75. The van der Waals surface area contributed by atoms with Gasteiger partial charge < -0.3 is 10.2 Å². The molecule has 0 saturated heterocycles. The van der Waals surface area contributed by atoms with Gasteiger partial charge in [0.2, 0.25) is 0 Å². The van der Waals surface area contributed by atoms with Crippen LogP contribution in [0.15, 0.2) is 0 Å². The normalized spacial score (nSPS) is 21.6. The van der Waals surface area contributed by atoms with Gasteiger partial charge in [0, 0.05) is 19.1 Å². The highest BCUT2D eigenvalue weighted by Gasteiger charge is 2.31. The largest absolute Gasteiger partial charge is 0.312 e. The fourth-order valence-electron chi connectivity index (χ4n) is 2.83. The van der Waals surface area contributed by atoms with E-state index in [4.69, 9.17) is 0 Å². The van der Waals surface area contributed by atoms with Crippen LogP contribution in [0.2, 0.25) is 0 Å². The summed E-state index contributed by atoms with van der Waals surface area (Å²) >= 11 is 0. The van der Waals surface area contributed by atoms with Crippen LogP contribution in [-0.4, -0.2) is 37.6 Å². The second-order valence-electron chi connectivity index (χ2n) is 5.70. The van der Waals surface area contributed by atoms with Crippen molar-refractivity contribution in [1.29, 1.82) is 0 Å². The molecule has 2 nitrogen and oxygen atoms in total. The van der Waals surface area contributed by atoms with Crippen molar-refractivity contribution >= 4 is 0 Å². The molecule has 0 aromatic heterocycles. The van der Waals surface area contributed by atoms with Gasteiger partial charge in [0.1, 0.15) is 0 Å². The van der Waals surface area contributed by atoms with Gasteiger partial charge in [-0.3, -0.25) is 0 Å². The lowest BCUT2D eigenvalue weighted by molar-refractivity contribution is 0.238. The molecule has 0 heterocycles. The van der Waals surface area contributed by atoms with E-state index in [0.29, 0.717) is 11.5 Å². The zero-order chi connectivity index (χ0) is 12.0. The molecule has 1 unspecified atom stereocenters. The first-order valence-electron chi connectivity index (χ1n) is 7.04. The summed E-state index contributed by atoms with van der Waals surface area (Å²) in [6.45, 7) is 10.4. The van der Waals surface area contributed by atoms with Crippen LogP contribution in [0.1, 0.15) is 52.9 Å². The van der Waals surface area contributed by atoms with Crippen molar-refractivity contribution in [2.24, 2.45) is 5.41 Å². The lowest BCUT2D eigenvalue weighted by atomic mass is 9.83. The minimum atomic E-state index is 0.619. The number of nitrogens with one attached hydrogen (secondary N) is 1.